The van der Waals surface area contributed by atoms with E-state index < -0.39 is 28.5 Å². The zero-order chi connectivity index (χ0) is 26.3. The van der Waals surface area contributed by atoms with Gasteiger partial charge in [0.25, 0.3) is 0 Å². The largest absolute Gasteiger partial charge is 0.495 e. The molecule has 2 rings (SSSR count). The van der Waals surface area contributed by atoms with Crippen molar-refractivity contribution in [2.24, 2.45) is 0 Å². The molecule has 0 saturated heterocycles. The van der Waals surface area contributed by atoms with Crippen LogP contribution in [0.3, 0.4) is 0 Å². The number of carbonyl (C=O) groups excluding carboxylic acids is 2. The second kappa shape index (κ2) is 12.5. The number of ether oxygens (including phenoxy) is 1. The van der Waals surface area contributed by atoms with Crippen LogP contribution < -0.4 is 14.4 Å². The third kappa shape index (κ3) is 7.75. The number of rotatable bonds is 11. The van der Waals surface area contributed by atoms with Gasteiger partial charge in [-0.3, -0.25) is 13.9 Å². The third-order valence-corrected chi connectivity index (χ3v) is 6.92. The maximum absolute atomic E-state index is 13.7. The highest BCUT2D eigenvalue weighted by molar-refractivity contribution is 7.92. The van der Waals surface area contributed by atoms with Crippen molar-refractivity contribution in [1.29, 1.82) is 0 Å². The Labute approximate surface area is 217 Å². The maximum Gasteiger partial charge on any atom is 0.244 e. The van der Waals surface area contributed by atoms with Crippen LogP contribution in [0.4, 0.5) is 5.69 Å². The molecular weight excluding hydrogens is 513 g/mol. The summed E-state index contributed by atoms with van der Waals surface area (Å²) in [4.78, 5) is 28.0. The number of hydrogen-bond acceptors (Lipinski definition) is 5. The van der Waals surface area contributed by atoms with Crippen LogP contribution >= 0.6 is 23.2 Å². The summed E-state index contributed by atoms with van der Waals surface area (Å²) in [5.41, 5.74) is 0.790. The summed E-state index contributed by atoms with van der Waals surface area (Å²) >= 11 is 12.4. The molecule has 2 aromatic carbocycles. The van der Waals surface area contributed by atoms with Crippen molar-refractivity contribution in [3.63, 3.8) is 0 Å². The first-order chi connectivity index (χ1) is 16.4. The highest BCUT2D eigenvalue weighted by Crippen LogP contribution is 2.30. The fourth-order valence-corrected chi connectivity index (χ4v) is 4.89. The van der Waals surface area contributed by atoms with E-state index >= 15 is 0 Å². The van der Waals surface area contributed by atoms with Crippen LogP contribution in [-0.2, 0) is 26.2 Å². The Bertz CT molecular complexity index is 1160. The number of amides is 2. The molecular formula is C24H31Cl2N3O5S. The number of nitrogens with one attached hydrogen (secondary N) is 1. The van der Waals surface area contributed by atoms with Gasteiger partial charge >= 0.3 is 0 Å². The molecule has 0 spiro atoms. The molecule has 0 radical (unpaired) electrons. The molecule has 192 valence electrons. The molecule has 8 nitrogen and oxygen atoms in total. The van der Waals surface area contributed by atoms with Crippen molar-refractivity contribution in [3.8, 4) is 5.75 Å². The number of nitrogens with zero attached hydrogens (tertiary/aromatic N) is 2. The molecule has 0 aliphatic heterocycles. The molecule has 1 atom stereocenters. The highest BCUT2D eigenvalue weighted by Gasteiger charge is 2.33. The van der Waals surface area contributed by atoms with Crippen LogP contribution in [-0.4, -0.2) is 57.1 Å². The topological polar surface area (TPSA) is 96.0 Å². The molecule has 0 unspecified atom stereocenters. The first-order valence-electron chi connectivity index (χ1n) is 11.0. The summed E-state index contributed by atoms with van der Waals surface area (Å²) in [6.45, 7) is 4.88. The highest BCUT2D eigenvalue weighted by atomic mass is 35.5. The van der Waals surface area contributed by atoms with Gasteiger partial charge in [-0.25, -0.2) is 8.42 Å². The predicted molar refractivity (Wildman–Crippen MR) is 140 cm³/mol. The molecule has 0 aliphatic carbocycles. The van der Waals surface area contributed by atoms with Crippen molar-refractivity contribution < 1.29 is 22.7 Å². The Morgan fingerprint density at radius 1 is 1.11 bits per heavy atom. The van der Waals surface area contributed by atoms with E-state index in [-0.39, 0.29) is 24.2 Å². The van der Waals surface area contributed by atoms with Crippen molar-refractivity contribution in [2.75, 3.05) is 24.2 Å². The van der Waals surface area contributed by atoms with Gasteiger partial charge in [0.15, 0.2) is 0 Å². The van der Waals surface area contributed by atoms with Gasteiger partial charge < -0.3 is 15.0 Å². The predicted octanol–water partition coefficient (Wildman–Crippen LogP) is 4.10. The van der Waals surface area contributed by atoms with Crippen LogP contribution in [0.5, 0.6) is 5.75 Å². The summed E-state index contributed by atoms with van der Waals surface area (Å²) < 4.78 is 31.7. The van der Waals surface area contributed by atoms with Crippen molar-refractivity contribution in [3.05, 3.63) is 58.1 Å². The molecule has 0 heterocycles. The van der Waals surface area contributed by atoms with Crippen molar-refractivity contribution >= 4 is 50.7 Å². The first-order valence-corrected chi connectivity index (χ1v) is 13.6. The Kier molecular flexibility index (Phi) is 10.2. The lowest BCUT2D eigenvalue weighted by Gasteiger charge is -2.33. The maximum atomic E-state index is 13.7. The quantitative estimate of drug-likeness (QED) is 0.460. The Morgan fingerprint density at radius 3 is 2.31 bits per heavy atom. The van der Waals surface area contributed by atoms with E-state index in [0.29, 0.717) is 27.8 Å². The zero-order valence-corrected chi connectivity index (χ0v) is 22.7. The lowest BCUT2D eigenvalue weighted by Crippen LogP contribution is -2.53. The van der Waals surface area contributed by atoms with Gasteiger partial charge in [-0.15, -0.1) is 0 Å². The molecule has 0 fully saturated rings. The molecule has 0 saturated carbocycles. The van der Waals surface area contributed by atoms with Crippen LogP contribution in [0.1, 0.15) is 32.8 Å². The van der Waals surface area contributed by atoms with E-state index in [0.717, 1.165) is 10.6 Å². The molecule has 0 aliphatic rings. The molecule has 0 bridgehead atoms. The second-order valence-electron chi connectivity index (χ2n) is 8.29. The van der Waals surface area contributed by atoms with Gasteiger partial charge in [0.05, 0.1) is 19.1 Å². The Morgan fingerprint density at radius 2 is 1.77 bits per heavy atom. The summed E-state index contributed by atoms with van der Waals surface area (Å²) in [7, 11) is -2.46. The normalized spacial score (nSPS) is 12.2. The van der Waals surface area contributed by atoms with Gasteiger partial charge in [0.1, 0.15) is 18.3 Å². The Balaban J connectivity index is 2.51. The fourth-order valence-electron chi connectivity index (χ4n) is 3.56. The SMILES string of the molecule is CC[C@@H](C(=O)NC(C)C)N(Cc1ccc(Cl)cc1Cl)C(=O)CN(c1ccccc1OC)S(C)(=O)=O. The minimum atomic E-state index is -3.88. The second-order valence-corrected chi connectivity index (χ2v) is 11.0. The number of sulfonamides is 1. The lowest BCUT2D eigenvalue weighted by atomic mass is 10.1. The van der Waals surface area contributed by atoms with Gasteiger partial charge in [0.2, 0.25) is 21.8 Å². The van der Waals surface area contributed by atoms with E-state index in [9.17, 15) is 18.0 Å². The first kappa shape index (κ1) is 28.7. The van der Waals surface area contributed by atoms with Crippen LogP contribution in [0, 0.1) is 0 Å². The van der Waals surface area contributed by atoms with Crippen molar-refractivity contribution in [2.45, 2.75) is 45.8 Å². The Hall–Kier alpha value is -2.49. The standard InChI is InChI=1S/C24H31Cl2N3O5S/c1-6-20(24(31)27-16(2)3)28(14-17-11-12-18(25)13-19(17)26)23(30)15-29(35(5,32)33)21-9-7-8-10-22(21)34-4/h7-13,16,20H,6,14-15H2,1-5H3,(H,27,31)/t20-/m0/s1. The minimum Gasteiger partial charge on any atom is -0.495 e. The average molecular weight is 545 g/mol. The van der Waals surface area contributed by atoms with Crippen molar-refractivity contribution in [1.82, 2.24) is 10.2 Å². The summed E-state index contributed by atoms with van der Waals surface area (Å²) in [5.74, 6) is -0.621. The van der Waals surface area contributed by atoms with Gasteiger partial charge in [-0.2, -0.15) is 0 Å². The molecule has 11 heteroatoms. The molecule has 2 aromatic rings. The minimum absolute atomic E-state index is 0.0115. The number of halogens is 2. The smallest absolute Gasteiger partial charge is 0.244 e. The van der Waals surface area contributed by atoms with E-state index in [1.165, 1.54) is 12.0 Å². The summed E-state index contributed by atoms with van der Waals surface area (Å²) in [5, 5.41) is 3.60. The number of methoxy groups -OCH3 is 1. The summed E-state index contributed by atoms with van der Waals surface area (Å²) in [6, 6.07) is 10.4. The van der Waals surface area contributed by atoms with Gasteiger partial charge in [-0.1, -0.05) is 48.3 Å². The number of anilines is 1. The number of benzene rings is 2. The number of para-hydroxylation sites is 2. The number of hydrogen-bond donors (Lipinski definition) is 1. The lowest BCUT2D eigenvalue weighted by molar-refractivity contribution is -0.140. The van der Waals surface area contributed by atoms with Gasteiger partial charge in [0, 0.05) is 22.6 Å². The van der Waals surface area contributed by atoms with E-state index in [1.807, 2.05) is 13.8 Å². The van der Waals surface area contributed by atoms with Gasteiger partial charge in [-0.05, 0) is 50.1 Å². The van der Waals surface area contributed by atoms with Crippen LogP contribution in [0.15, 0.2) is 42.5 Å². The zero-order valence-electron chi connectivity index (χ0n) is 20.4. The van der Waals surface area contributed by atoms with Crippen LogP contribution in [0.2, 0.25) is 10.0 Å². The molecule has 35 heavy (non-hydrogen) atoms. The van der Waals surface area contributed by atoms with E-state index in [1.54, 1.807) is 49.4 Å². The molecule has 0 aromatic heterocycles. The molecule has 2 amide bonds. The third-order valence-electron chi connectivity index (χ3n) is 5.21. The summed E-state index contributed by atoms with van der Waals surface area (Å²) in [6.07, 6.45) is 1.32. The van der Waals surface area contributed by atoms with Crippen LogP contribution in [0.25, 0.3) is 0 Å². The monoisotopic (exact) mass is 543 g/mol. The van der Waals surface area contributed by atoms with E-state index in [4.69, 9.17) is 27.9 Å². The molecule has 1 N–H and O–H groups in total. The van der Waals surface area contributed by atoms with E-state index in [2.05, 4.69) is 5.32 Å². The number of carbonyl (C=O) groups is 2. The average Bonchev–Trinajstić information content (AvgIpc) is 2.77. The fraction of sp³-hybridized carbons (Fsp3) is 0.417.